The molecule has 0 spiro atoms. The van der Waals surface area contributed by atoms with E-state index in [1.165, 1.54) is 32.8 Å². The van der Waals surface area contributed by atoms with Crippen molar-refractivity contribution in [3.8, 4) is 11.5 Å². The third-order valence-corrected chi connectivity index (χ3v) is 4.11. The minimum absolute atomic E-state index is 0.136. The summed E-state index contributed by atoms with van der Waals surface area (Å²) in [5, 5.41) is 2.94. The second kappa shape index (κ2) is 8.41. The largest absolute Gasteiger partial charge is 0.493 e. The van der Waals surface area contributed by atoms with Gasteiger partial charge in [0.25, 0.3) is 11.8 Å². The summed E-state index contributed by atoms with van der Waals surface area (Å²) in [7, 11) is 1.48. The highest BCUT2D eigenvalue weighted by atomic mass is 16.5. The number of rotatable bonds is 8. The lowest BCUT2D eigenvalue weighted by Gasteiger charge is -2.12. The fourth-order valence-corrected chi connectivity index (χ4v) is 2.87. The summed E-state index contributed by atoms with van der Waals surface area (Å²) < 4.78 is 10.4. The Morgan fingerprint density at radius 2 is 2.00 bits per heavy atom. The summed E-state index contributed by atoms with van der Waals surface area (Å²) in [5.41, 5.74) is 5.55. The highest BCUT2D eigenvalue weighted by Gasteiger charge is 2.16. The molecular formula is C17H24N2O4. The quantitative estimate of drug-likeness (QED) is 0.765. The first-order valence-electron chi connectivity index (χ1n) is 7.97. The third-order valence-electron chi connectivity index (χ3n) is 4.11. The topological polar surface area (TPSA) is 90.7 Å². The molecule has 0 unspecified atom stereocenters. The number of primary amides is 1. The summed E-state index contributed by atoms with van der Waals surface area (Å²) in [5.74, 6) is 0.821. The maximum Gasteiger partial charge on any atom is 0.255 e. The van der Waals surface area contributed by atoms with Gasteiger partial charge in [0.15, 0.2) is 18.1 Å². The average Bonchev–Trinajstić information content (AvgIpc) is 3.05. The number of carbonyl (C=O) groups is 2. The standard InChI is InChI=1S/C17H24N2O4/c1-22-15-10-13(6-7-14(15)23-11-16(18)20)17(21)19-9-8-12-4-2-3-5-12/h6-7,10,12H,2-5,8-9,11H2,1H3,(H2,18,20)(H,19,21). The van der Waals surface area contributed by atoms with E-state index in [1.54, 1.807) is 18.2 Å². The van der Waals surface area contributed by atoms with Gasteiger partial charge in [0.1, 0.15) is 0 Å². The van der Waals surface area contributed by atoms with Crippen LogP contribution in [-0.4, -0.2) is 32.1 Å². The average molecular weight is 320 g/mol. The van der Waals surface area contributed by atoms with Crippen molar-refractivity contribution in [2.45, 2.75) is 32.1 Å². The van der Waals surface area contributed by atoms with Gasteiger partial charge in [-0.25, -0.2) is 0 Å². The van der Waals surface area contributed by atoms with Gasteiger partial charge in [-0.3, -0.25) is 9.59 Å². The highest BCUT2D eigenvalue weighted by molar-refractivity contribution is 5.94. The van der Waals surface area contributed by atoms with Crippen LogP contribution in [-0.2, 0) is 4.79 Å². The summed E-state index contributed by atoms with van der Waals surface area (Å²) in [4.78, 5) is 22.9. The number of carbonyl (C=O) groups excluding carboxylic acids is 2. The van der Waals surface area contributed by atoms with Gasteiger partial charge in [-0.05, 0) is 30.5 Å². The van der Waals surface area contributed by atoms with Crippen LogP contribution in [0.2, 0.25) is 0 Å². The molecule has 2 amide bonds. The molecular weight excluding hydrogens is 296 g/mol. The first-order chi connectivity index (χ1) is 11.1. The van der Waals surface area contributed by atoms with Crippen molar-refractivity contribution >= 4 is 11.8 Å². The molecule has 1 aliphatic rings. The van der Waals surface area contributed by atoms with E-state index >= 15 is 0 Å². The third kappa shape index (κ3) is 5.16. The molecule has 0 bridgehead atoms. The summed E-state index contributed by atoms with van der Waals surface area (Å²) >= 11 is 0. The van der Waals surface area contributed by atoms with Crippen LogP contribution in [0.4, 0.5) is 0 Å². The number of nitrogens with one attached hydrogen (secondary N) is 1. The zero-order chi connectivity index (χ0) is 16.7. The number of benzene rings is 1. The van der Waals surface area contributed by atoms with Gasteiger partial charge in [-0.15, -0.1) is 0 Å². The smallest absolute Gasteiger partial charge is 0.255 e. The lowest BCUT2D eigenvalue weighted by molar-refractivity contribution is -0.119. The molecule has 1 saturated carbocycles. The van der Waals surface area contributed by atoms with Gasteiger partial charge in [0, 0.05) is 12.1 Å². The van der Waals surface area contributed by atoms with E-state index in [9.17, 15) is 9.59 Å². The molecule has 1 fully saturated rings. The normalized spacial score (nSPS) is 14.5. The van der Waals surface area contributed by atoms with Crippen LogP contribution in [0.1, 0.15) is 42.5 Å². The molecule has 1 aromatic rings. The van der Waals surface area contributed by atoms with Crippen LogP contribution in [0.3, 0.4) is 0 Å². The number of amides is 2. The summed E-state index contributed by atoms with van der Waals surface area (Å²) in [6.45, 7) is 0.453. The second-order valence-corrected chi connectivity index (χ2v) is 5.82. The monoisotopic (exact) mass is 320 g/mol. The minimum atomic E-state index is -0.569. The van der Waals surface area contributed by atoms with Crippen molar-refractivity contribution < 1.29 is 19.1 Å². The fourth-order valence-electron chi connectivity index (χ4n) is 2.87. The van der Waals surface area contributed by atoms with Gasteiger partial charge in [0.05, 0.1) is 7.11 Å². The van der Waals surface area contributed by atoms with Gasteiger partial charge < -0.3 is 20.5 Å². The molecule has 0 atom stereocenters. The van der Waals surface area contributed by atoms with Crippen molar-refractivity contribution in [3.05, 3.63) is 23.8 Å². The lowest BCUT2D eigenvalue weighted by atomic mass is 10.0. The van der Waals surface area contributed by atoms with E-state index in [-0.39, 0.29) is 12.5 Å². The molecule has 0 saturated heterocycles. The molecule has 0 aromatic heterocycles. The summed E-state index contributed by atoms with van der Waals surface area (Å²) in [6, 6.07) is 4.85. The molecule has 2 rings (SSSR count). The number of nitrogens with two attached hydrogens (primary N) is 1. The van der Waals surface area contributed by atoms with Crippen molar-refractivity contribution in [3.63, 3.8) is 0 Å². The van der Waals surface area contributed by atoms with Crippen LogP contribution in [0.15, 0.2) is 18.2 Å². The SMILES string of the molecule is COc1cc(C(=O)NCCC2CCCC2)ccc1OCC(N)=O. The zero-order valence-electron chi connectivity index (χ0n) is 13.5. The minimum Gasteiger partial charge on any atom is -0.493 e. The molecule has 126 valence electrons. The van der Waals surface area contributed by atoms with Crippen molar-refractivity contribution in [1.29, 1.82) is 0 Å². The predicted molar refractivity (Wildman–Crippen MR) is 86.6 cm³/mol. The Hall–Kier alpha value is -2.24. The Bertz CT molecular complexity index is 554. The Morgan fingerprint density at radius 3 is 2.65 bits per heavy atom. The number of methoxy groups -OCH3 is 1. The lowest BCUT2D eigenvalue weighted by Crippen LogP contribution is -2.25. The molecule has 6 nitrogen and oxygen atoms in total. The highest BCUT2D eigenvalue weighted by Crippen LogP contribution is 2.28. The Balaban J connectivity index is 1.90. The molecule has 6 heteroatoms. The molecule has 1 aromatic carbocycles. The van der Waals surface area contributed by atoms with E-state index < -0.39 is 5.91 Å². The van der Waals surface area contributed by atoms with Crippen molar-refractivity contribution in [2.24, 2.45) is 11.7 Å². The maximum atomic E-state index is 12.2. The van der Waals surface area contributed by atoms with Crippen molar-refractivity contribution in [2.75, 3.05) is 20.3 Å². The van der Waals surface area contributed by atoms with Gasteiger partial charge in [0.2, 0.25) is 0 Å². The van der Waals surface area contributed by atoms with Gasteiger partial charge >= 0.3 is 0 Å². The Kier molecular flexibility index (Phi) is 6.26. The van der Waals surface area contributed by atoms with E-state index in [4.69, 9.17) is 15.2 Å². The Morgan fingerprint density at radius 1 is 1.26 bits per heavy atom. The summed E-state index contributed by atoms with van der Waals surface area (Å²) in [6.07, 6.45) is 6.19. The first-order valence-corrected chi connectivity index (χ1v) is 7.97. The molecule has 3 N–H and O–H groups in total. The molecule has 23 heavy (non-hydrogen) atoms. The maximum absolute atomic E-state index is 12.2. The van der Waals surface area contributed by atoms with E-state index in [2.05, 4.69) is 5.32 Å². The zero-order valence-corrected chi connectivity index (χ0v) is 13.5. The number of ether oxygens (including phenoxy) is 2. The molecule has 1 aliphatic carbocycles. The van der Waals surface area contributed by atoms with Gasteiger partial charge in [-0.2, -0.15) is 0 Å². The number of hydrogen-bond donors (Lipinski definition) is 2. The molecule has 0 radical (unpaired) electrons. The first kappa shape index (κ1) is 17.1. The van der Waals surface area contributed by atoms with Crippen LogP contribution in [0, 0.1) is 5.92 Å². The fraction of sp³-hybridized carbons (Fsp3) is 0.529. The number of hydrogen-bond acceptors (Lipinski definition) is 4. The van der Waals surface area contributed by atoms with E-state index in [1.807, 2.05) is 0 Å². The van der Waals surface area contributed by atoms with Crippen molar-refractivity contribution in [1.82, 2.24) is 5.32 Å². The van der Waals surface area contributed by atoms with Gasteiger partial charge in [-0.1, -0.05) is 25.7 Å². The Labute approximate surface area is 136 Å². The van der Waals surface area contributed by atoms with E-state index in [0.717, 1.165) is 12.3 Å². The van der Waals surface area contributed by atoms with Crippen LogP contribution in [0.5, 0.6) is 11.5 Å². The second-order valence-electron chi connectivity index (χ2n) is 5.82. The molecule has 0 heterocycles. The predicted octanol–water partition coefficient (Wildman–Crippen LogP) is 1.87. The van der Waals surface area contributed by atoms with Crippen LogP contribution >= 0.6 is 0 Å². The van der Waals surface area contributed by atoms with E-state index in [0.29, 0.717) is 23.6 Å². The molecule has 0 aliphatic heterocycles. The van der Waals surface area contributed by atoms with Crippen LogP contribution < -0.4 is 20.5 Å². The van der Waals surface area contributed by atoms with Crippen LogP contribution in [0.25, 0.3) is 0 Å².